The highest BCUT2D eigenvalue weighted by Crippen LogP contribution is 2.36. The average molecular weight is 611 g/mol. The summed E-state index contributed by atoms with van der Waals surface area (Å²) < 4.78 is 62.1. The summed E-state index contributed by atoms with van der Waals surface area (Å²) in [5, 5.41) is 0.980. The predicted molar refractivity (Wildman–Crippen MR) is 168 cm³/mol. The second-order valence-corrected chi connectivity index (χ2v) is 16.1. The lowest BCUT2D eigenvalue weighted by Crippen LogP contribution is -2.42. The van der Waals surface area contributed by atoms with Crippen molar-refractivity contribution in [3.05, 3.63) is 72.2 Å². The molecular weight excluding hydrogens is 569 g/mol. The quantitative estimate of drug-likeness (QED) is 0.238. The summed E-state index contributed by atoms with van der Waals surface area (Å²) in [5.41, 5.74) is 3.42. The van der Waals surface area contributed by atoms with Gasteiger partial charge in [0.15, 0.2) is 0 Å². The molecule has 2 aliphatic rings. The fraction of sp³-hybridized carbons (Fsp3) is 0.500. The second-order valence-electron chi connectivity index (χ2n) is 12.4. The van der Waals surface area contributed by atoms with E-state index in [0.29, 0.717) is 36.6 Å². The number of para-hydroxylation sites is 1. The summed E-state index contributed by atoms with van der Waals surface area (Å²) in [5.74, 6) is 0.436. The summed E-state index contributed by atoms with van der Waals surface area (Å²) >= 11 is 0. The minimum atomic E-state index is -3.74. The lowest BCUT2D eigenvalue weighted by atomic mass is 9.88. The van der Waals surface area contributed by atoms with E-state index in [1.54, 1.807) is 14.8 Å². The molecule has 2 unspecified atom stereocenters. The summed E-state index contributed by atoms with van der Waals surface area (Å²) in [6.45, 7) is 8.41. The van der Waals surface area contributed by atoms with Crippen LogP contribution in [0.5, 0.6) is 0 Å². The molecule has 42 heavy (non-hydrogen) atoms. The van der Waals surface area contributed by atoms with E-state index in [9.17, 15) is 16.8 Å². The maximum absolute atomic E-state index is 14.0. The molecule has 0 N–H and O–H groups in total. The van der Waals surface area contributed by atoms with Gasteiger partial charge in [-0.3, -0.25) is 0 Å². The van der Waals surface area contributed by atoms with E-state index in [1.807, 2.05) is 59.1 Å². The number of nitrogens with zero attached hydrogens (tertiary/aromatic N) is 4. The SMILES string of the molecule is CC(C)c1cn(S(=O)(=O)N2CCCC(CC(C)c3cc(S(=O)(=O)N4CCCCC4)c4ccccn34)C2)c2ccccc12. The summed E-state index contributed by atoms with van der Waals surface area (Å²) in [6, 6.07) is 15.3. The van der Waals surface area contributed by atoms with Gasteiger partial charge < -0.3 is 4.40 Å². The summed E-state index contributed by atoms with van der Waals surface area (Å²) in [6.07, 6.45) is 9.13. The van der Waals surface area contributed by atoms with E-state index in [4.69, 9.17) is 0 Å². The van der Waals surface area contributed by atoms with Gasteiger partial charge in [0, 0.05) is 49.7 Å². The number of benzene rings is 1. The lowest BCUT2D eigenvalue weighted by molar-refractivity contribution is 0.245. The Labute approximate surface area is 250 Å². The van der Waals surface area contributed by atoms with Crippen LogP contribution < -0.4 is 0 Å². The Hall–Kier alpha value is -2.66. The molecule has 6 rings (SSSR count). The maximum atomic E-state index is 14.0. The Morgan fingerprint density at radius 3 is 2.29 bits per heavy atom. The molecule has 0 radical (unpaired) electrons. The second kappa shape index (κ2) is 11.4. The largest absolute Gasteiger partial charge is 0.319 e. The average Bonchev–Trinajstić information content (AvgIpc) is 3.59. The molecule has 0 amide bonds. The van der Waals surface area contributed by atoms with Crippen molar-refractivity contribution in [2.75, 3.05) is 26.2 Å². The maximum Gasteiger partial charge on any atom is 0.307 e. The lowest BCUT2D eigenvalue weighted by Gasteiger charge is -2.33. The number of rotatable bonds is 8. The molecule has 226 valence electrons. The van der Waals surface area contributed by atoms with Crippen molar-refractivity contribution in [2.24, 2.45) is 5.92 Å². The third-order valence-electron chi connectivity index (χ3n) is 9.18. The van der Waals surface area contributed by atoms with Crippen LogP contribution in [-0.2, 0) is 20.2 Å². The summed E-state index contributed by atoms with van der Waals surface area (Å²) in [7, 11) is -7.33. The fourth-order valence-electron chi connectivity index (χ4n) is 6.98. The Morgan fingerprint density at radius 2 is 1.52 bits per heavy atom. The van der Waals surface area contributed by atoms with Crippen LogP contribution in [0.25, 0.3) is 16.4 Å². The van der Waals surface area contributed by atoms with Crippen molar-refractivity contribution in [1.29, 1.82) is 0 Å². The van der Waals surface area contributed by atoms with Crippen LogP contribution >= 0.6 is 0 Å². The normalized spacial score (nSPS) is 20.5. The van der Waals surface area contributed by atoms with Gasteiger partial charge >= 0.3 is 10.2 Å². The molecule has 2 fully saturated rings. The van der Waals surface area contributed by atoms with Gasteiger partial charge in [-0.25, -0.2) is 12.4 Å². The number of hydrogen-bond acceptors (Lipinski definition) is 4. The molecule has 0 saturated carbocycles. The van der Waals surface area contributed by atoms with Crippen molar-refractivity contribution >= 4 is 36.7 Å². The monoisotopic (exact) mass is 610 g/mol. The van der Waals surface area contributed by atoms with Crippen molar-refractivity contribution in [3.8, 4) is 0 Å². The van der Waals surface area contributed by atoms with Crippen LogP contribution in [0.3, 0.4) is 0 Å². The van der Waals surface area contributed by atoms with Gasteiger partial charge in [-0.2, -0.15) is 17.0 Å². The molecule has 10 heteroatoms. The van der Waals surface area contributed by atoms with Gasteiger partial charge in [-0.05, 0) is 79.7 Å². The van der Waals surface area contributed by atoms with Crippen LogP contribution in [0.4, 0.5) is 0 Å². The van der Waals surface area contributed by atoms with Gasteiger partial charge in [0.2, 0.25) is 10.0 Å². The Morgan fingerprint density at radius 1 is 0.833 bits per heavy atom. The number of piperidine rings is 2. The number of fused-ring (bicyclic) bond motifs is 2. The zero-order valence-electron chi connectivity index (χ0n) is 24.8. The van der Waals surface area contributed by atoms with Crippen molar-refractivity contribution in [3.63, 3.8) is 0 Å². The first-order valence-corrected chi connectivity index (χ1v) is 18.1. The van der Waals surface area contributed by atoms with Crippen LogP contribution in [0.1, 0.15) is 82.4 Å². The minimum Gasteiger partial charge on any atom is -0.319 e. The van der Waals surface area contributed by atoms with Crippen molar-refractivity contribution in [1.82, 2.24) is 17.0 Å². The van der Waals surface area contributed by atoms with Crippen LogP contribution in [-0.4, -0.2) is 60.0 Å². The third-order valence-corrected chi connectivity index (χ3v) is 12.9. The van der Waals surface area contributed by atoms with Gasteiger partial charge in [0.05, 0.1) is 11.0 Å². The fourth-order valence-corrected chi connectivity index (χ4v) is 10.4. The van der Waals surface area contributed by atoms with Gasteiger partial charge in [-0.1, -0.05) is 51.5 Å². The van der Waals surface area contributed by atoms with Gasteiger partial charge in [-0.15, -0.1) is 0 Å². The molecule has 0 bridgehead atoms. The predicted octanol–water partition coefficient (Wildman–Crippen LogP) is 6.19. The van der Waals surface area contributed by atoms with E-state index in [0.717, 1.165) is 60.7 Å². The van der Waals surface area contributed by atoms with Crippen LogP contribution in [0, 0.1) is 5.92 Å². The molecule has 3 aromatic heterocycles. The van der Waals surface area contributed by atoms with E-state index < -0.39 is 20.2 Å². The van der Waals surface area contributed by atoms with Crippen molar-refractivity contribution in [2.45, 2.75) is 76.0 Å². The van der Waals surface area contributed by atoms with Crippen molar-refractivity contribution < 1.29 is 16.8 Å². The molecular formula is C32H42N4O4S2. The molecule has 2 aliphatic heterocycles. The molecule has 2 atom stereocenters. The number of sulfonamides is 1. The topological polar surface area (TPSA) is 84.1 Å². The van der Waals surface area contributed by atoms with E-state index in [-0.39, 0.29) is 17.8 Å². The third kappa shape index (κ3) is 5.20. The van der Waals surface area contributed by atoms with Crippen LogP contribution in [0.2, 0.25) is 0 Å². The van der Waals surface area contributed by atoms with E-state index in [2.05, 4.69) is 20.8 Å². The Balaban J connectivity index is 1.26. The first-order chi connectivity index (χ1) is 20.1. The zero-order valence-corrected chi connectivity index (χ0v) is 26.4. The van der Waals surface area contributed by atoms with Crippen LogP contribution in [0.15, 0.2) is 65.8 Å². The smallest absolute Gasteiger partial charge is 0.307 e. The standard InChI is InChI=1S/C32H42N4O4S2/c1-24(2)28-23-36(29-14-6-5-13-27(28)29)42(39,40)34-18-11-12-26(22-34)20-25(3)31-21-32(30-15-7-10-19-35(30)31)41(37,38)33-16-8-4-9-17-33/h5-7,10,13-15,19,21,23-26H,4,8-9,11-12,16-18,20,22H2,1-3H3. The molecule has 8 nitrogen and oxygen atoms in total. The minimum absolute atomic E-state index is 0.0535. The van der Waals surface area contributed by atoms with E-state index in [1.165, 1.54) is 3.97 Å². The first kappa shape index (κ1) is 29.4. The molecule has 0 spiro atoms. The Bertz CT molecular complexity index is 1800. The molecule has 2 saturated heterocycles. The molecule has 1 aromatic carbocycles. The number of aromatic nitrogens is 2. The molecule has 0 aliphatic carbocycles. The van der Waals surface area contributed by atoms with Gasteiger partial charge in [0.1, 0.15) is 4.90 Å². The molecule has 4 aromatic rings. The highest BCUT2D eigenvalue weighted by molar-refractivity contribution is 7.89. The summed E-state index contributed by atoms with van der Waals surface area (Å²) in [4.78, 5) is 0.375. The number of pyridine rings is 1. The zero-order chi connectivity index (χ0) is 29.6. The number of hydrogen-bond donors (Lipinski definition) is 0. The highest BCUT2D eigenvalue weighted by atomic mass is 32.2. The van der Waals surface area contributed by atoms with E-state index >= 15 is 0 Å². The highest BCUT2D eigenvalue weighted by Gasteiger charge is 2.34. The van der Waals surface area contributed by atoms with Gasteiger partial charge in [0.25, 0.3) is 0 Å². The Kier molecular flexibility index (Phi) is 8.02. The molecule has 5 heterocycles. The first-order valence-electron chi connectivity index (χ1n) is 15.3.